The molecule has 3 rings (SSSR count). The van der Waals surface area contributed by atoms with Gasteiger partial charge in [0.25, 0.3) is 0 Å². The van der Waals surface area contributed by atoms with E-state index in [1.165, 1.54) is 11.8 Å². The Morgan fingerprint density at radius 1 is 1.11 bits per heavy atom. The Balaban J connectivity index is 1.84. The molecule has 0 atom stereocenters. The van der Waals surface area contributed by atoms with E-state index < -0.39 is 7.60 Å². The first-order chi connectivity index (χ1) is 17.2. The van der Waals surface area contributed by atoms with Crippen LogP contribution < -0.4 is 4.74 Å². The number of rotatable bonds is 13. The number of nitrogens with zero attached hydrogens (tertiary/aromatic N) is 3. The molecule has 1 N–H and O–H groups in total. The van der Waals surface area contributed by atoms with Crippen LogP contribution in [0.1, 0.15) is 50.8 Å². The molecule has 1 aromatic carbocycles. The van der Waals surface area contributed by atoms with Crippen LogP contribution in [0.15, 0.2) is 46.5 Å². The highest BCUT2D eigenvalue weighted by Crippen LogP contribution is 2.47. The molecule has 0 fully saturated rings. The van der Waals surface area contributed by atoms with E-state index >= 15 is 0 Å². The predicted molar refractivity (Wildman–Crippen MR) is 143 cm³/mol. The topological polar surface area (TPSA) is 95.7 Å². The maximum Gasteiger partial charge on any atom is 0.367 e. The van der Waals surface area contributed by atoms with Crippen LogP contribution >= 0.6 is 42.6 Å². The molecule has 0 spiro atoms. The molecule has 0 saturated carbocycles. The number of pyridine rings is 1. The van der Waals surface area contributed by atoms with Gasteiger partial charge >= 0.3 is 7.60 Å². The number of halogens is 2. The van der Waals surface area contributed by atoms with Gasteiger partial charge in [0.15, 0.2) is 6.35 Å². The van der Waals surface area contributed by atoms with Crippen molar-refractivity contribution in [3.8, 4) is 5.75 Å². The Kier molecular flexibility index (Phi) is 10.7. The molecule has 2 heterocycles. The number of aromatic nitrogens is 3. The van der Waals surface area contributed by atoms with Crippen molar-refractivity contribution in [2.75, 3.05) is 19.6 Å². The molecule has 3 aromatic rings. The molecule has 0 unspecified atom stereocenters. The highest BCUT2D eigenvalue weighted by atomic mass is 35.5. The first-order valence-corrected chi connectivity index (χ1v) is 14.8. The van der Waals surface area contributed by atoms with Crippen molar-refractivity contribution in [2.45, 2.75) is 56.7 Å². The minimum absolute atomic E-state index is 0.129. The summed E-state index contributed by atoms with van der Waals surface area (Å²) in [7, 11) is -3.33. The summed E-state index contributed by atoms with van der Waals surface area (Å²) in [5, 5.41) is 12.0. The lowest BCUT2D eigenvalue weighted by Gasteiger charge is -2.17. The fraction of sp³-hybridized carbons (Fsp3) is 0.417. The number of aliphatic hydroxyl groups excluding tert-OH is 1. The first kappa shape index (κ1) is 29.0. The minimum Gasteiger partial charge on any atom is -0.479 e. The van der Waals surface area contributed by atoms with Crippen LogP contribution in [0.3, 0.4) is 0 Å². The van der Waals surface area contributed by atoms with Gasteiger partial charge in [-0.1, -0.05) is 48.8 Å². The Bertz CT molecular complexity index is 1180. The van der Waals surface area contributed by atoms with Crippen molar-refractivity contribution in [2.24, 2.45) is 0 Å². The molecule has 0 bridgehead atoms. The Hall–Kier alpha value is -1.58. The lowest BCUT2D eigenvalue weighted by Crippen LogP contribution is -2.09. The van der Waals surface area contributed by atoms with Crippen LogP contribution in [0.25, 0.3) is 0 Å². The molecule has 36 heavy (non-hydrogen) atoms. The van der Waals surface area contributed by atoms with E-state index in [9.17, 15) is 9.67 Å². The van der Waals surface area contributed by atoms with E-state index in [0.717, 1.165) is 21.3 Å². The summed E-state index contributed by atoms with van der Waals surface area (Å²) in [6, 6.07) is 8.91. The van der Waals surface area contributed by atoms with Crippen molar-refractivity contribution in [3.05, 3.63) is 63.8 Å². The van der Waals surface area contributed by atoms with E-state index in [-0.39, 0.29) is 32.1 Å². The largest absolute Gasteiger partial charge is 0.479 e. The summed E-state index contributed by atoms with van der Waals surface area (Å²) >= 11 is 13.9. The molecular formula is C24H30Cl2N3O5PS. The van der Waals surface area contributed by atoms with Crippen molar-refractivity contribution >= 4 is 42.6 Å². The second-order valence-corrected chi connectivity index (χ2v) is 12.0. The monoisotopic (exact) mass is 573 g/mol. The van der Waals surface area contributed by atoms with Crippen molar-refractivity contribution in [1.82, 2.24) is 14.5 Å². The van der Waals surface area contributed by atoms with Gasteiger partial charge in [-0.25, -0.2) is 4.98 Å². The summed E-state index contributed by atoms with van der Waals surface area (Å²) in [4.78, 5) is 10.0. The third-order valence-electron chi connectivity index (χ3n) is 4.92. The minimum atomic E-state index is -3.33. The zero-order valence-electron chi connectivity index (χ0n) is 20.6. The van der Waals surface area contributed by atoms with E-state index in [0.29, 0.717) is 28.2 Å². The van der Waals surface area contributed by atoms with Gasteiger partial charge in [0.05, 0.1) is 37.3 Å². The second-order valence-electron chi connectivity index (χ2n) is 8.03. The summed E-state index contributed by atoms with van der Waals surface area (Å²) in [5.41, 5.74) is 1.59. The van der Waals surface area contributed by atoms with Crippen LogP contribution in [0.2, 0.25) is 10.0 Å². The molecular weight excluding hydrogens is 544 g/mol. The van der Waals surface area contributed by atoms with Crippen LogP contribution in [0.4, 0.5) is 0 Å². The van der Waals surface area contributed by atoms with Crippen LogP contribution in [0.5, 0.6) is 5.75 Å². The SMILES string of the molecule is CCOP(=O)(COc1ccc(Cn2c(CO)nc(C(C)C)c2Sc2cc(Cl)cc(Cl)c2)nc1)OCC. The maximum absolute atomic E-state index is 12.6. The third-order valence-corrected chi connectivity index (χ3v) is 8.20. The van der Waals surface area contributed by atoms with Gasteiger partial charge in [-0.15, -0.1) is 0 Å². The van der Waals surface area contributed by atoms with E-state index in [1.807, 2.05) is 22.8 Å². The molecule has 2 aromatic heterocycles. The molecule has 0 saturated heterocycles. The standard InChI is InChI=1S/C24H30Cl2N3O5PS/c1-5-33-35(31,34-6-2)15-32-20-8-7-19(27-12-20)13-29-22(14-30)28-23(16(3)4)24(29)36-21-10-17(25)9-18(26)11-21/h7-12,16,30H,5-6,13-15H2,1-4H3. The second kappa shape index (κ2) is 13.3. The number of hydrogen-bond donors (Lipinski definition) is 1. The average Bonchev–Trinajstić information content (AvgIpc) is 3.15. The average molecular weight is 574 g/mol. The predicted octanol–water partition coefficient (Wildman–Crippen LogP) is 7.00. The van der Waals surface area contributed by atoms with Gasteiger partial charge in [-0.2, -0.15) is 0 Å². The van der Waals surface area contributed by atoms with Gasteiger partial charge in [-0.3, -0.25) is 9.55 Å². The number of ether oxygens (including phenoxy) is 1. The van der Waals surface area contributed by atoms with Gasteiger partial charge in [-0.05, 0) is 50.1 Å². The highest BCUT2D eigenvalue weighted by Gasteiger charge is 2.25. The van der Waals surface area contributed by atoms with E-state index in [1.54, 1.807) is 32.2 Å². The van der Waals surface area contributed by atoms with Crippen molar-refractivity contribution < 1.29 is 23.5 Å². The Morgan fingerprint density at radius 3 is 2.31 bits per heavy atom. The smallest absolute Gasteiger partial charge is 0.367 e. The van der Waals surface area contributed by atoms with Crippen LogP contribution in [-0.2, 0) is 26.8 Å². The lowest BCUT2D eigenvalue weighted by molar-refractivity contribution is 0.196. The summed E-state index contributed by atoms with van der Waals surface area (Å²) in [5.74, 6) is 1.10. The fourth-order valence-electron chi connectivity index (χ4n) is 3.38. The highest BCUT2D eigenvalue weighted by molar-refractivity contribution is 7.99. The Morgan fingerprint density at radius 2 is 1.78 bits per heavy atom. The number of imidazole rings is 1. The molecule has 0 aliphatic heterocycles. The maximum atomic E-state index is 12.6. The third kappa shape index (κ3) is 7.71. The summed E-state index contributed by atoms with van der Waals surface area (Å²) in [6.07, 6.45) is 1.35. The fourth-order valence-corrected chi connectivity index (χ4v) is 6.61. The normalized spacial score (nSPS) is 11.9. The molecule has 0 amide bonds. The zero-order chi connectivity index (χ0) is 26.3. The number of hydrogen-bond acceptors (Lipinski definition) is 8. The van der Waals surface area contributed by atoms with Gasteiger partial charge in [0.1, 0.15) is 23.2 Å². The van der Waals surface area contributed by atoms with Gasteiger partial charge in [0, 0.05) is 14.9 Å². The van der Waals surface area contributed by atoms with Crippen LogP contribution in [-0.4, -0.2) is 39.2 Å². The van der Waals surface area contributed by atoms with Gasteiger partial charge < -0.3 is 23.5 Å². The summed E-state index contributed by atoms with van der Waals surface area (Å²) in [6.45, 7) is 8.28. The zero-order valence-corrected chi connectivity index (χ0v) is 23.8. The van der Waals surface area contributed by atoms with E-state index in [4.69, 9.17) is 37.0 Å². The Labute approximate surface area is 225 Å². The molecule has 0 aliphatic carbocycles. The lowest BCUT2D eigenvalue weighted by atomic mass is 10.1. The number of benzene rings is 1. The summed E-state index contributed by atoms with van der Waals surface area (Å²) < 4.78 is 30.7. The first-order valence-electron chi connectivity index (χ1n) is 11.5. The molecule has 0 aliphatic rings. The molecule has 8 nitrogen and oxygen atoms in total. The van der Waals surface area contributed by atoms with E-state index in [2.05, 4.69) is 23.8 Å². The molecule has 12 heteroatoms. The van der Waals surface area contributed by atoms with Crippen molar-refractivity contribution in [1.29, 1.82) is 0 Å². The molecule has 196 valence electrons. The van der Waals surface area contributed by atoms with Crippen LogP contribution in [0, 0.1) is 0 Å². The quantitative estimate of drug-likeness (QED) is 0.218. The van der Waals surface area contributed by atoms with Gasteiger partial charge in [0.2, 0.25) is 0 Å². The van der Waals surface area contributed by atoms with Crippen molar-refractivity contribution in [3.63, 3.8) is 0 Å². The molecule has 0 radical (unpaired) electrons. The number of aliphatic hydroxyl groups is 1.